The highest BCUT2D eigenvalue weighted by atomic mass is 35.5. The molecule has 5 heterocycles. The molecule has 2 aromatic carbocycles. The number of anilines is 6. The summed E-state index contributed by atoms with van der Waals surface area (Å²) in [4.78, 5) is 46.9. The van der Waals surface area contributed by atoms with E-state index in [1.165, 1.54) is 48.7 Å². The van der Waals surface area contributed by atoms with Crippen LogP contribution in [-0.4, -0.2) is 80.1 Å². The molecule has 0 spiro atoms. The summed E-state index contributed by atoms with van der Waals surface area (Å²) in [6, 6.07) is 16.8. The van der Waals surface area contributed by atoms with Gasteiger partial charge in [0.2, 0.25) is 0 Å². The Kier molecular flexibility index (Phi) is 15.5. The van der Waals surface area contributed by atoms with Gasteiger partial charge in [-0.3, -0.25) is 24.5 Å². The first-order valence-corrected chi connectivity index (χ1v) is 19.3. The molecule has 4 aromatic heterocycles. The van der Waals surface area contributed by atoms with Crippen molar-refractivity contribution in [2.75, 3.05) is 74.8 Å². The molecule has 0 bridgehead atoms. The number of nitrogens with one attached hydrogen (secondary N) is 5. The van der Waals surface area contributed by atoms with E-state index in [0.717, 1.165) is 23.6 Å². The highest BCUT2D eigenvalue weighted by Crippen LogP contribution is 2.33. The summed E-state index contributed by atoms with van der Waals surface area (Å²) in [6.45, 7) is 2.66. The standard InChI is InChI=1S/C21H20ClFN6O.C19H15ClFN5O.C2H8N2/c1-29(2)20-18(27-17-5-6-24-11-15(17)19-25-7-8-26-19)10-14(21(30)28-20)13-9-12(22)3-4-16(13)23;1-26(2)18-17(24-16-5-6-23-10-11(16)9-22)8-14(19(27)25-18)13-7-12(20)3-4-15(13)21;3-1-2-4/h3-6,9-11H,7-8H2,1-2H3,(H,24,27)(H,25,26)(H,28,30);3-8,10H,1-2H3,(H,23,24)(H,25,27);1-4H2. The molecule has 6 aromatic rings. The third kappa shape index (κ3) is 11.3. The molecular weight excluding hydrogens is 827 g/mol. The fraction of sp³-hybridized carbons (Fsp3) is 0.190. The normalized spacial score (nSPS) is 11.5. The Balaban J connectivity index is 0.000000213. The number of amidine groups is 1. The molecule has 0 unspecified atom stereocenters. The molecule has 9 N–H and O–H groups in total. The quantitative estimate of drug-likeness (QED) is 0.0818. The Bertz CT molecular complexity index is 2700. The van der Waals surface area contributed by atoms with E-state index >= 15 is 0 Å². The fourth-order valence-electron chi connectivity index (χ4n) is 5.90. The van der Waals surface area contributed by atoms with Crippen LogP contribution in [0.5, 0.6) is 0 Å². The molecular formula is C42H43Cl2F2N13O2. The summed E-state index contributed by atoms with van der Waals surface area (Å²) in [5, 5.41) is 19.6. The molecule has 7 rings (SSSR count). The first-order valence-electron chi connectivity index (χ1n) is 18.6. The van der Waals surface area contributed by atoms with E-state index < -0.39 is 22.8 Å². The molecule has 316 valence electrons. The smallest absolute Gasteiger partial charge is 0.257 e. The van der Waals surface area contributed by atoms with Gasteiger partial charge in [-0.05, 0) is 60.7 Å². The van der Waals surface area contributed by atoms with Crippen molar-refractivity contribution in [1.82, 2.24) is 25.3 Å². The first kappa shape index (κ1) is 45.2. The van der Waals surface area contributed by atoms with Crippen LogP contribution in [0.25, 0.3) is 22.3 Å². The van der Waals surface area contributed by atoms with Gasteiger partial charge in [0.25, 0.3) is 11.1 Å². The second-order valence-electron chi connectivity index (χ2n) is 13.5. The lowest BCUT2D eigenvalue weighted by atomic mass is 10.1. The molecule has 0 atom stereocenters. The van der Waals surface area contributed by atoms with Crippen LogP contribution in [0.2, 0.25) is 10.0 Å². The number of aromatic amines is 2. The molecule has 1 aliphatic heterocycles. The minimum Gasteiger partial charge on any atom is -0.368 e. The summed E-state index contributed by atoms with van der Waals surface area (Å²) in [5.41, 5.74) is 13.0. The Morgan fingerprint density at radius 1 is 0.705 bits per heavy atom. The van der Waals surface area contributed by atoms with Crippen LogP contribution >= 0.6 is 23.2 Å². The largest absolute Gasteiger partial charge is 0.368 e. The molecule has 0 saturated carbocycles. The average Bonchev–Trinajstić information content (AvgIpc) is 3.79. The summed E-state index contributed by atoms with van der Waals surface area (Å²) >= 11 is 12.0. The zero-order valence-electron chi connectivity index (χ0n) is 33.6. The van der Waals surface area contributed by atoms with Crippen LogP contribution in [0, 0.1) is 23.0 Å². The van der Waals surface area contributed by atoms with Crippen molar-refractivity contribution in [3.63, 3.8) is 0 Å². The molecule has 0 aliphatic carbocycles. The lowest BCUT2D eigenvalue weighted by Gasteiger charge is -2.20. The number of halogens is 4. The number of hydrogen-bond donors (Lipinski definition) is 7. The zero-order valence-corrected chi connectivity index (χ0v) is 35.1. The summed E-state index contributed by atoms with van der Waals surface area (Å²) in [6.07, 6.45) is 6.36. The maximum absolute atomic E-state index is 14.4. The maximum atomic E-state index is 14.4. The Hall–Kier alpha value is -6.84. The highest BCUT2D eigenvalue weighted by Gasteiger charge is 2.19. The van der Waals surface area contributed by atoms with Crippen molar-refractivity contribution in [3.05, 3.63) is 139 Å². The average molecular weight is 871 g/mol. The van der Waals surface area contributed by atoms with Crippen LogP contribution in [0.15, 0.2) is 100 Å². The van der Waals surface area contributed by atoms with Crippen LogP contribution < -0.4 is 48.3 Å². The van der Waals surface area contributed by atoms with E-state index in [2.05, 4.69) is 46.9 Å². The third-order valence-electron chi connectivity index (χ3n) is 8.77. The number of aliphatic imine (C=N–C) groups is 1. The monoisotopic (exact) mass is 869 g/mol. The van der Waals surface area contributed by atoms with Gasteiger partial charge in [0.15, 0.2) is 0 Å². The van der Waals surface area contributed by atoms with Gasteiger partial charge in [0.1, 0.15) is 35.2 Å². The number of benzene rings is 2. The van der Waals surface area contributed by atoms with Crippen molar-refractivity contribution in [3.8, 4) is 28.3 Å². The van der Waals surface area contributed by atoms with E-state index in [0.29, 0.717) is 63.9 Å². The number of nitrogens with two attached hydrogens (primary N) is 2. The van der Waals surface area contributed by atoms with Crippen LogP contribution in [0.4, 0.5) is 43.2 Å². The van der Waals surface area contributed by atoms with Crippen molar-refractivity contribution >= 4 is 63.4 Å². The van der Waals surface area contributed by atoms with Crippen molar-refractivity contribution < 1.29 is 8.78 Å². The maximum Gasteiger partial charge on any atom is 0.257 e. The molecule has 0 radical (unpaired) electrons. The van der Waals surface area contributed by atoms with E-state index in [9.17, 15) is 23.6 Å². The number of rotatable bonds is 10. The van der Waals surface area contributed by atoms with Crippen molar-refractivity contribution in [1.29, 1.82) is 5.26 Å². The number of nitrogens with zero attached hydrogens (tertiary/aromatic N) is 6. The third-order valence-corrected chi connectivity index (χ3v) is 9.24. The Morgan fingerprint density at radius 2 is 1.20 bits per heavy atom. The molecule has 0 fully saturated rings. The van der Waals surface area contributed by atoms with Gasteiger partial charge in [0, 0.05) is 93.8 Å². The minimum absolute atomic E-state index is 0.0901. The summed E-state index contributed by atoms with van der Waals surface area (Å²) < 4.78 is 28.7. The summed E-state index contributed by atoms with van der Waals surface area (Å²) in [5.74, 6) is 0.697. The minimum atomic E-state index is -0.560. The zero-order chi connectivity index (χ0) is 44.2. The van der Waals surface area contributed by atoms with Gasteiger partial charge in [-0.15, -0.1) is 0 Å². The van der Waals surface area contributed by atoms with Crippen LogP contribution in [-0.2, 0) is 0 Å². The number of hydrogen-bond acceptors (Lipinski definition) is 13. The van der Waals surface area contributed by atoms with Crippen molar-refractivity contribution in [2.24, 2.45) is 16.5 Å². The van der Waals surface area contributed by atoms with Gasteiger partial charge in [0.05, 0.1) is 51.5 Å². The first-order chi connectivity index (χ1) is 29.3. The molecule has 0 saturated heterocycles. The topological polar surface area (TPSA) is 222 Å². The van der Waals surface area contributed by atoms with E-state index in [-0.39, 0.29) is 22.3 Å². The van der Waals surface area contributed by atoms with E-state index in [4.69, 9.17) is 34.7 Å². The van der Waals surface area contributed by atoms with Gasteiger partial charge >= 0.3 is 0 Å². The van der Waals surface area contributed by atoms with E-state index in [1.807, 2.05) is 20.2 Å². The van der Waals surface area contributed by atoms with Crippen LogP contribution in [0.1, 0.15) is 11.1 Å². The van der Waals surface area contributed by atoms with Gasteiger partial charge in [-0.1, -0.05) is 23.2 Å². The predicted octanol–water partition coefficient (Wildman–Crippen LogP) is 6.20. The number of H-pyrrole nitrogens is 2. The van der Waals surface area contributed by atoms with Gasteiger partial charge in [-0.25, -0.2) is 8.78 Å². The van der Waals surface area contributed by atoms with Gasteiger partial charge < -0.3 is 47.2 Å². The Morgan fingerprint density at radius 3 is 1.66 bits per heavy atom. The lowest BCUT2D eigenvalue weighted by Crippen LogP contribution is -2.22. The van der Waals surface area contributed by atoms with Crippen LogP contribution in [0.3, 0.4) is 0 Å². The Labute approximate surface area is 360 Å². The summed E-state index contributed by atoms with van der Waals surface area (Å²) in [7, 11) is 7.14. The lowest BCUT2D eigenvalue weighted by molar-refractivity contribution is 0.630. The predicted molar refractivity (Wildman–Crippen MR) is 241 cm³/mol. The molecule has 19 heteroatoms. The van der Waals surface area contributed by atoms with Crippen molar-refractivity contribution in [2.45, 2.75) is 0 Å². The molecule has 61 heavy (non-hydrogen) atoms. The molecule has 15 nitrogen and oxygen atoms in total. The second kappa shape index (κ2) is 20.9. The molecule has 0 amide bonds. The number of pyridine rings is 4. The fourth-order valence-corrected chi connectivity index (χ4v) is 6.24. The number of aromatic nitrogens is 4. The SMILES string of the molecule is CN(C)c1[nH]c(=O)c(-c2cc(Cl)ccc2F)cc1Nc1ccncc1C#N.CN(C)c1[nH]c(=O)c(-c2cc(Cl)ccc2F)cc1Nc1ccncc1C1=NCCN1.NCCN. The molecule has 1 aliphatic rings. The van der Waals surface area contributed by atoms with E-state index in [1.54, 1.807) is 54.6 Å². The number of nitriles is 1. The highest BCUT2D eigenvalue weighted by molar-refractivity contribution is 6.31. The second-order valence-corrected chi connectivity index (χ2v) is 14.4. The van der Waals surface area contributed by atoms with Gasteiger partial charge in [-0.2, -0.15) is 5.26 Å².